The van der Waals surface area contributed by atoms with Crippen LogP contribution in [0, 0.1) is 0 Å². The van der Waals surface area contributed by atoms with Crippen LogP contribution in [0.5, 0.6) is 0 Å². The van der Waals surface area contributed by atoms with Gasteiger partial charge in [-0.15, -0.1) is 0 Å². The quantitative estimate of drug-likeness (QED) is 0.281. The molecule has 138 valence electrons. The van der Waals surface area contributed by atoms with E-state index in [-0.39, 0.29) is 5.41 Å². The lowest BCUT2D eigenvalue weighted by Crippen LogP contribution is -2.14. The molecule has 2 heteroatoms. The number of benzene rings is 4. The highest BCUT2D eigenvalue weighted by Gasteiger charge is 2.36. The van der Waals surface area contributed by atoms with Crippen LogP contribution < -0.4 is 0 Å². The predicted molar refractivity (Wildman–Crippen MR) is 123 cm³/mol. The van der Waals surface area contributed by atoms with E-state index in [4.69, 9.17) is 0 Å². The lowest BCUT2D eigenvalue weighted by molar-refractivity contribution is 0.662. The molecule has 0 saturated heterocycles. The number of H-pyrrole nitrogens is 2. The van der Waals surface area contributed by atoms with E-state index in [0.29, 0.717) is 0 Å². The first-order chi connectivity index (χ1) is 14.1. The van der Waals surface area contributed by atoms with Crippen LogP contribution >= 0.6 is 0 Å². The zero-order valence-corrected chi connectivity index (χ0v) is 16.4. The molecular weight excluding hydrogens is 352 g/mol. The van der Waals surface area contributed by atoms with Crippen LogP contribution in [0.3, 0.4) is 0 Å². The molecule has 29 heavy (non-hydrogen) atoms. The van der Waals surface area contributed by atoms with Gasteiger partial charge in [-0.05, 0) is 58.7 Å². The van der Waals surface area contributed by atoms with Crippen LogP contribution in [0.2, 0.25) is 0 Å². The Morgan fingerprint density at radius 3 is 1.45 bits per heavy atom. The Kier molecular flexibility index (Phi) is 2.60. The van der Waals surface area contributed by atoms with Crippen molar-refractivity contribution in [1.29, 1.82) is 0 Å². The average Bonchev–Trinajstić information content (AvgIpc) is 3.34. The number of nitrogens with one attached hydrogen (secondary N) is 2. The van der Waals surface area contributed by atoms with E-state index in [2.05, 4.69) is 96.6 Å². The number of rotatable bonds is 0. The Bertz CT molecular complexity index is 1500. The second kappa shape index (κ2) is 4.90. The highest BCUT2D eigenvalue weighted by Crippen LogP contribution is 2.51. The van der Waals surface area contributed by atoms with Crippen molar-refractivity contribution in [2.45, 2.75) is 19.3 Å². The molecule has 2 heterocycles. The van der Waals surface area contributed by atoms with Crippen molar-refractivity contribution in [2.24, 2.45) is 0 Å². The predicted octanol–water partition coefficient (Wildman–Crippen LogP) is 7.26. The minimum absolute atomic E-state index is 0.0240. The van der Waals surface area contributed by atoms with E-state index in [1.165, 1.54) is 65.9 Å². The maximum Gasteiger partial charge on any atom is 0.0471 e. The van der Waals surface area contributed by atoms with E-state index in [1.54, 1.807) is 0 Å². The monoisotopic (exact) mass is 372 g/mol. The molecule has 1 aliphatic carbocycles. The van der Waals surface area contributed by atoms with E-state index in [1.807, 2.05) is 0 Å². The zero-order valence-electron chi connectivity index (χ0n) is 16.4. The van der Waals surface area contributed by atoms with Crippen LogP contribution in [0.1, 0.15) is 25.0 Å². The molecule has 2 aromatic heterocycles. The van der Waals surface area contributed by atoms with Gasteiger partial charge in [0.1, 0.15) is 0 Å². The summed E-state index contributed by atoms with van der Waals surface area (Å²) in [4.78, 5) is 7.23. The van der Waals surface area contributed by atoms with Crippen molar-refractivity contribution in [3.05, 3.63) is 83.9 Å². The maximum absolute atomic E-state index is 3.62. The van der Waals surface area contributed by atoms with Gasteiger partial charge < -0.3 is 9.97 Å². The molecule has 0 saturated carbocycles. The van der Waals surface area contributed by atoms with Crippen LogP contribution in [0.15, 0.2) is 72.8 Å². The van der Waals surface area contributed by atoms with Gasteiger partial charge in [0.2, 0.25) is 0 Å². The van der Waals surface area contributed by atoms with Gasteiger partial charge >= 0.3 is 0 Å². The summed E-state index contributed by atoms with van der Waals surface area (Å²) in [5, 5.41) is 5.23. The van der Waals surface area contributed by atoms with Gasteiger partial charge in [-0.25, -0.2) is 0 Å². The highest BCUT2D eigenvalue weighted by molar-refractivity contribution is 6.12. The van der Waals surface area contributed by atoms with Crippen molar-refractivity contribution in [3.63, 3.8) is 0 Å². The van der Waals surface area contributed by atoms with Crippen molar-refractivity contribution in [1.82, 2.24) is 9.97 Å². The smallest absolute Gasteiger partial charge is 0.0471 e. The molecule has 2 nitrogen and oxygen atoms in total. The van der Waals surface area contributed by atoms with Crippen molar-refractivity contribution in [2.75, 3.05) is 0 Å². The summed E-state index contributed by atoms with van der Waals surface area (Å²) in [6, 6.07) is 26.7. The molecule has 6 aromatic rings. The first-order valence-electron chi connectivity index (χ1n) is 10.2. The first kappa shape index (κ1) is 15.4. The third kappa shape index (κ3) is 1.82. The van der Waals surface area contributed by atoms with Gasteiger partial charge in [0.05, 0.1) is 0 Å². The number of para-hydroxylation sites is 2. The zero-order chi connectivity index (χ0) is 19.3. The van der Waals surface area contributed by atoms with Gasteiger partial charge in [0.25, 0.3) is 0 Å². The topological polar surface area (TPSA) is 31.6 Å². The Hall–Kier alpha value is -3.52. The van der Waals surface area contributed by atoms with Gasteiger partial charge in [0, 0.05) is 49.0 Å². The highest BCUT2D eigenvalue weighted by atomic mass is 14.7. The van der Waals surface area contributed by atoms with E-state index < -0.39 is 0 Å². The third-order valence-corrected chi connectivity index (χ3v) is 6.93. The molecule has 0 bridgehead atoms. The van der Waals surface area contributed by atoms with E-state index in [9.17, 15) is 0 Å². The molecule has 4 aromatic carbocycles. The van der Waals surface area contributed by atoms with Crippen LogP contribution in [0.4, 0.5) is 0 Å². The van der Waals surface area contributed by atoms with Gasteiger partial charge in [-0.3, -0.25) is 0 Å². The molecule has 0 atom stereocenters. The molecule has 0 unspecified atom stereocenters. The van der Waals surface area contributed by atoms with Gasteiger partial charge in [-0.1, -0.05) is 50.2 Å². The van der Waals surface area contributed by atoms with E-state index in [0.717, 1.165) is 0 Å². The van der Waals surface area contributed by atoms with E-state index >= 15 is 0 Å². The number of hydrogen-bond acceptors (Lipinski definition) is 0. The van der Waals surface area contributed by atoms with Crippen molar-refractivity contribution >= 4 is 43.6 Å². The molecule has 0 aliphatic heterocycles. The fourth-order valence-electron chi connectivity index (χ4n) is 5.42. The van der Waals surface area contributed by atoms with Gasteiger partial charge in [-0.2, -0.15) is 0 Å². The fraction of sp³-hybridized carbons (Fsp3) is 0.111. The second-order valence-electron chi connectivity index (χ2n) is 8.85. The summed E-state index contributed by atoms with van der Waals surface area (Å²) >= 11 is 0. The SMILES string of the molecule is CC1(C)c2cc3c(cc2-c2cc4[nH]c5ccccc5c4cc21)[nH]c1ccccc13. The largest absolute Gasteiger partial charge is 0.354 e. The fourth-order valence-corrected chi connectivity index (χ4v) is 5.42. The standard InChI is InChI=1S/C27H20N2/c1-27(2)21-11-19-15-7-3-5-9-23(15)28-25(19)13-17(21)18-14-26-20(12-22(18)27)16-8-4-6-10-24(16)29-26/h3-14,28-29H,1-2H3. The molecule has 0 fully saturated rings. The number of hydrogen-bond donors (Lipinski definition) is 2. The average molecular weight is 372 g/mol. The Balaban J connectivity index is 1.60. The Labute approximate surface area is 168 Å². The first-order valence-corrected chi connectivity index (χ1v) is 10.2. The summed E-state index contributed by atoms with van der Waals surface area (Å²) < 4.78 is 0. The lowest BCUT2D eigenvalue weighted by Gasteiger charge is -2.21. The number of aromatic amines is 2. The van der Waals surface area contributed by atoms with Crippen LogP contribution in [-0.2, 0) is 5.41 Å². The molecule has 7 rings (SSSR count). The van der Waals surface area contributed by atoms with Crippen LogP contribution in [0.25, 0.3) is 54.7 Å². The van der Waals surface area contributed by atoms with Gasteiger partial charge in [0.15, 0.2) is 0 Å². The molecule has 0 radical (unpaired) electrons. The third-order valence-electron chi connectivity index (χ3n) is 6.93. The minimum atomic E-state index is -0.0240. The number of fused-ring (bicyclic) bond motifs is 9. The second-order valence-corrected chi connectivity index (χ2v) is 8.85. The molecule has 2 N–H and O–H groups in total. The Morgan fingerprint density at radius 2 is 0.966 bits per heavy atom. The molecular formula is C27H20N2. The molecule has 0 amide bonds. The lowest BCUT2D eigenvalue weighted by atomic mass is 9.81. The van der Waals surface area contributed by atoms with Crippen molar-refractivity contribution < 1.29 is 0 Å². The minimum Gasteiger partial charge on any atom is -0.354 e. The molecule has 1 aliphatic rings. The Morgan fingerprint density at radius 1 is 0.517 bits per heavy atom. The summed E-state index contributed by atoms with van der Waals surface area (Å²) in [7, 11) is 0. The normalized spacial score (nSPS) is 14.8. The summed E-state index contributed by atoms with van der Waals surface area (Å²) in [6.45, 7) is 4.72. The molecule has 0 spiro atoms. The summed E-state index contributed by atoms with van der Waals surface area (Å²) in [5.74, 6) is 0. The maximum atomic E-state index is 3.62. The summed E-state index contributed by atoms with van der Waals surface area (Å²) in [5.41, 5.74) is 10.3. The number of aromatic nitrogens is 2. The van der Waals surface area contributed by atoms with Crippen molar-refractivity contribution in [3.8, 4) is 11.1 Å². The van der Waals surface area contributed by atoms with Crippen LogP contribution in [-0.4, -0.2) is 9.97 Å². The summed E-state index contributed by atoms with van der Waals surface area (Å²) in [6.07, 6.45) is 0.